The van der Waals surface area contributed by atoms with E-state index in [-0.39, 0.29) is 0 Å². The van der Waals surface area contributed by atoms with Crippen LogP contribution >= 0.6 is 34.2 Å². The molecule has 0 bridgehead atoms. The highest BCUT2D eigenvalue weighted by atomic mass is 127. The van der Waals surface area contributed by atoms with Crippen LogP contribution in [-0.4, -0.2) is 11.5 Å². The average molecular weight is 347 g/mol. The lowest BCUT2D eigenvalue weighted by atomic mass is 10.2. The number of halogens is 2. The Morgan fingerprint density at radius 3 is 3.00 bits per heavy atom. The van der Waals surface area contributed by atoms with Crippen molar-refractivity contribution in [3.63, 3.8) is 0 Å². The van der Waals surface area contributed by atoms with Gasteiger partial charge in [-0.05, 0) is 47.2 Å². The fourth-order valence-corrected chi connectivity index (χ4v) is 2.76. The highest BCUT2D eigenvalue weighted by Crippen LogP contribution is 2.28. The lowest BCUT2D eigenvalue weighted by Crippen LogP contribution is -2.00. The van der Waals surface area contributed by atoms with E-state index < -0.39 is 0 Å². The molecule has 16 heavy (non-hydrogen) atoms. The van der Waals surface area contributed by atoms with E-state index in [0.29, 0.717) is 0 Å². The molecule has 0 atom stereocenters. The first-order valence-corrected chi connectivity index (χ1v) is 6.65. The van der Waals surface area contributed by atoms with Gasteiger partial charge in [0.15, 0.2) is 0 Å². The average Bonchev–Trinajstić information content (AvgIpc) is 2.26. The minimum Gasteiger partial charge on any atom is -0.384 e. The molecule has 0 saturated carbocycles. The van der Waals surface area contributed by atoms with Crippen LogP contribution in [0.2, 0.25) is 5.02 Å². The first kappa shape index (κ1) is 11.9. The van der Waals surface area contributed by atoms with Crippen molar-refractivity contribution < 1.29 is 0 Å². The zero-order valence-electron chi connectivity index (χ0n) is 8.93. The Bertz CT molecular complexity index is 514. The molecule has 0 aliphatic carbocycles. The maximum absolute atomic E-state index is 6.07. The second-order valence-corrected chi connectivity index (χ2v) is 5.17. The van der Waals surface area contributed by atoms with E-state index in [0.717, 1.165) is 38.1 Å². The third-order valence-electron chi connectivity index (χ3n) is 2.33. The van der Waals surface area contributed by atoms with Crippen molar-refractivity contribution in [2.45, 2.75) is 13.3 Å². The van der Waals surface area contributed by atoms with Gasteiger partial charge in [0.2, 0.25) is 0 Å². The Kier molecular flexibility index (Phi) is 3.86. The van der Waals surface area contributed by atoms with Crippen LogP contribution < -0.4 is 5.32 Å². The van der Waals surface area contributed by atoms with E-state index in [2.05, 4.69) is 39.8 Å². The number of rotatable bonds is 3. The summed E-state index contributed by atoms with van der Waals surface area (Å²) in [6.07, 6.45) is 2.93. The molecule has 1 aromatic carbocycles. The normalized spacial score (nSPS) is 10.7. The SMILES string of the molecule is CCCNc1ccnc2c(I)cc(Cl)cc12. The van der Waals surface area contributed by atoms with E-state index in [1.807, 2.05) is 24.4 Å². The van der Waals surface area contributed by atoms with Gasteiger partial charge in [-0.2, -0.15) is 0 Å². The molecule has 0 unspecified atom stereocenters. The van der Waals surface area contributed by atoms with Crippen LogP contribution in [0.4, 0.5) is 5.69 Å². The highest BCUT2D eigenvalue weighted by Gasteiger charge is 2.06. The van der Waals surface area contributed by atoms with Gasteiger partial charge in [-0.1, -0.05) is 18.5 Å². The summed E-state index contributed by atoms with van der Waals surface area (Å²) in [6.45, 7) is 3.11. The van der Waals surface area contributed by atoms with Gasteiger partial charge < -0.3 is 5.32 Å². The Morgan fingerprint density at radius 2 is 2.25 bits per heavy atom. The number of aromatic nitrogens is 1. The van der Waals surface area contributed by atoms with Gasteiger partial charge in [0.25, 0.3) is 0 Å². The van der Waals surface area contributed by atoms with Crippen molar-refractivity contribution in [3.05, 3.63) is 33.0 Å². The monoisotopic (exact) mass is 346 g/mol. The number of hydrogen-bond acceptors (Lipinski definition) is 2. The van der Waals surface area contributed by atoms with Crippen molar-refractivity contribution in [3.8, 4) is 0 Å². The Labute approximate surface area is 114 Å². The number of nitrogens with zero attached hydrogens (tertiary/aromatic N) is 1. The van der Waals surface area contributed by atoms with Crippen LogP contribution in [0.3, 0.4) is 0 Å². The molecule has 0 spiro atoms. The Hall–Kier alpha value is -0.550. The molecule has 2 nitrogen and oxygen atoms in total. The molecule has 0 aliphatic rings. The smallest absolute Gasteiger partial charge is 0.0857 e. The predicted molar refractivity (Wildman–Crippen MR) is 78.3 cm³/mol. The van der Waals surface area contributed by atoms with Crippen LogP contribution in [0.25, 0.3) is 10.9 Å². The molecule has 1 N–H and O–H groups in total. The summed E-state index contributed by atoms with van der Waals surface area (Å²) in [5.74, 6) is 0. The maximum Gasteiger partial charge on any atom is 0.0857 e. The second kappa shape index (κ2) is 5.19. The zero-order chi connectivity index (χ0) is 11.5. The van der Waals surface area contributed by atoms with Crippen LogP contribution in [0.5, 0.6) is 0 Å². The topological polar surface area (TPSA) is 24.9 Å². The van der Waals surface area contributed by atoms with Gasteiger partial charge >= 0.3 is 0 Å². The first-order valence-electron chi connectivity index (χ1n) is 5.20. The third kappa shape index (κ3) is 2.40. The van der Waals surface area contributed by atoms with Crippen LogP contribution in [0, 0.1) is 3.57 Å². The number of pyridine rings is 1. The zero-order valence-corrected chi connectivity index (χ0v) is 11.8. The first-order chi connectivity index (χ1) is 7.72. The summed E-state index contributed by atoms with van der Waals surface area (Å²) in [4.78, 5) is 4.38. The van der Waals surface area contributed by atoms with Crippen molar-refractivity contribution >= 4 is 50.8 Å². The van der Waals surface area contributed by atoms with Crippen molar-refractivity contribution in [1.29, 1.82) is 0 Å². The quantitative estimate of drug-likeness (QED) is 0.838. The van der Waals surface area contributed by atoms with E-state index in [1.54, 1.807) is 0 Å². The minimum atomic E-state index is 0.754. The molecule has 84 valence electrons. The molecule has 0 amide bonds. The van der Waals surface area contributed by atoms with Gasteiger partial charge in [-0.25, -0.2) is 0 Å². The summed E-state index contributed by atoms with van der Waals surface area (Å²) in [6, 6.07) is 5.88. The predicted octanol–water partition coefficient (Wildman–Crippen LogP) is 4.31. The van der Waals surface area contributed by atoms with Gasteiger partial charge in [0.05, 0.1) is 5.52 Å². The van der Waals surface area contributed by atoms with Crippen molar-refractivity contribution in [2.24, 2.45) is 0 Å². The molecule has 2 aromatic rings. The number of benzene rings is 1. The molecule has 1 aromatic heterocycles. The lowest BCUT2D eigenvalue weighted by Gasteiger charge is -2.09. The van der Waals surface area contributed by atoms with E-state index in [1.165, 1.54) is 0 Å². The molecule has 4 heteroatoms. The molecular weight excluding hydrogens is 335 g/mol. The maximum atomic E-state index is 6.07. The van der Waals surface area contributed by atoms with E-state index in [4.69, 9.17) is 11.6 Å². The third-order valence-corrected chi connectivity index (χ3v) is 3.37. The van der Waals surface area contributed by atoms with Crippen molar-refractivity contribution in [2.75, 3.05) is 11.9 Å². The van der Waals surface area contributed by atoms with Gasteiger partial charge in [-0.3, -0.25) is 4.98 Å². The summed E-state index contributed by atoms with van der Waals surface area (Å²) in [5.41, 5.74) is 2.11. The largest absolute Gasteiger partial charge is 0.384 e. The Morgan fingerprint density at radius 1 is 1.44 bits per heavy atom. The standard InChI is InChI=1S/C12H12ClIN2/c1-2-4-15-11-3-5-16-12-9(11)6-8(13)7-10(12)14/h3,5-7H,2,4H2,1H3,(H,15,16). The number of nitrogens with one attached hydrogen (secondary N) is 1. The molecule has 0 fully saturated rings. The number of fused-ring (bicyclic) bond motifs is 1. The fraction of sp³-hybridized carbons (Fsp3) is 0.250. The van der Waals surface area contributed by atoms with Crippen molar-refractivity contribution in [1.82, 2.24) is 4.98 Å². The van der Waals surface area contributed by atoms with Crippen LogP contribution in [-0.2, 0) is 0 Å². The lowest BCUT2D eigenvalue weighted by molar-refractivity contribution is 0.981. The molecular formula is C12H12ClIN2. The van der Waals surface area contributed by atoms with Gasteiger partial charge in [-0.15, -0.1) is 0 Å². The molecule has 2 rings (SSSR count). The second-order valence-electron chi connectivity index (χ2n) is 3.57. The molecule has 0 saturated heterocycles. The number of hydrogen-bond donors (Lipinski definition) is 1. The fourth-order valence-electron chi connectivity index (χ4n) is 1.59. The molecule has 1 heterocycles. The Balaban J connectivity index is 2.57. The van der Waals surface area contributed by atoms with E-state index in [9.17, 15) is 0 Å². The summed E-state index contributed by atoms with van der Waals surface area (Å²) in [5, 5.41) is 5.23. The minimum absolute atomic E-state index is 0.754. The molecule has 0 aliphatic heterocycles. The highest BCUT2D eigenvalue weighted by molar-refractivity contribution is 14.1. The number of anilines is 1. The van der Waals surface area contributed by atoms with Crippen LogP contribution in [0.1, 0.15) is 13.3 Å². The summed E-state index contributed by atoms with van der Waals surface area (Å²) < 4.78 is 1.08. The van der Waals surface area contributed by atoms with Gasteiger partial charge in [0.1, 0.15) is 0 Å². The van der Waals surface area contributed by atoms with E-state index >= 15 is 0 Å². The van der Waals surface area contributed by atoms with Crippen LogP contribution in [0.15, 0.2) is 24.4 Å². The molecule has 0 radical (unpaired) electrons. The van der Waals surface area contributed by atoms with Gasteiger partial charge in [0, 0.05) is 32.4 Å². The summed E-state index contributed by atoms with van der Waals surface area (Å²) in [7, 11) is 0. The summed E-state index contributed by atoms with van der Waals surface area (Å²) >= 11 is 8.33.